The summed E-state index contributed by atoms with van der Waals surface area (Å²) in [4.78, 5) is 23.6. The molecule has 0 spiro atoms. The number of methoxy groups -OCH3 is 2. The molecule has 184 valence electrons. The van der Waals surface area contributed by atoms with Gasteiger partial charge in [-0.15, -0.1) is 0 Å². The number of nitrogens with zero attached hydrogens (tertiary/aromatic N) is 1. The summed E-state index contributed by atoms with van der Waals surface area (Å²) in [6.45, 7) is 5.50. The Bertz CT molecular complexity index is 1060. The zero-order valence-electron chi connectivity index (χ0n) is 19.8. The smallest absolute Gasteiger partial charge is 0.338 e. The second kappa shape index (κ2) is 10.2. The van der Waals surface area contributed by atoms with Crippen LogP contribution in [0.25, 0.3) is 0 Å². The van der Waals surface area contributed by atoms with E-state index < -0.39 is 28.2 Å². The molecule has 2 aromatic rings. The van der Waals surface area contributed by atoms with Crippen molar-refractivity contribution in [1.29, 1.82) is 0 Å². The molecule has 0 aromatic heterocycles. The van der Waals surface area contributed by atoms with E-state index in [1.54, 1.807) is 32.9 Å². The van der Waals surface area contributed by atoms with Crippen LogP contribution in [0.5, 0.6) is 11.5 Å². The summed E-state index contributed by atoms with van der Waals surface area (Å²) in [5.41, 5.74) is -1.11. The molecule has 0 bridgehead atoms. The number of nitro groups is 1. The van der Waals surface area contributed by atoms with E-state index in [2.05, 4.69) is 0 Å². The largest absolute Gasteiger partial charge is 0.493 e. The van der Waals surface area contributed by atoms with E-state index >= 15 is 0 Å². The normalized spacial score (nSPS) is 17.6. The van der Waals surface area contributed by atoms with Crippen LogP contribution in [-0.4, -0.2) is 50.2 Å². The highest BCUT2D eigenvalue weighted by atomic mass is 35.5. The van der Waals surface area contributed by atoms with Gasteiger partial charge >= 0.3 is 11.7 Å². The molecule has 0 fully saturated rings. The van der Waals surface area contributed by atoms with E-state index in [0.717, 1.165) is 11.6 Å². The molecule has 1 atom stereocenters. The van der Waals surface area contributed by atoms with Gasteiger partial charge in [-0.3, -0.25) is 10.1 Å². The predicted molar refractivity (Wildman–Crippen MR) is 125 cm³/mol. The second-order valence-electron chi connectivity index (χ2n) is 8.93. The summed E-state index contributed by atoms with van der Waals surface area (Å²) >= 11 is 6.14. The highest BCUT2D eigenvalue weighted by Crippen LogP contribution is 2.44. The van der Waals surface area contributed by atoms with Crippen molar-refractivity contribution >= 4 is 23.3 Å². The molecule has 0 amide bonds. The van der Waals surface area contributed by atoms with Crippen LogP contribution >= 0.6 is 11.6 Å². The summed E-state index contributed by atoms with van der Waals surface area (Å²) in [5, 5.41) is 12.3. The predicted octanol–water partition coefficient (Wildman–Crippen LogP) is 4.92. The van der Waals surface area contributed by atoms with Crippen LogP contribution in [0.1, 0.15) is 43.1 Å². The van der Waals surface area contributed by atoms with Crippen molar-refractivity contribution in [1.82, 2.24) is 0 Å². The first-order chi connectivity index (χ1) is 16.0. The fourth-order valence-corrected chi connectivity index (χ4v) is 4.13. The number of carbonyl (C=O) groups excluding carboxylic acids is 1. The summed E-state index contributed by atoms with van der Waals surface area (Å²) in [5.74, 6) is -0.0893. The van der Waals surface area contributed by atoms with Gasteiger partial charge in [0.25, 0.3) is 0 Å². The van der Waals surface area contributed by atoms with Crippen LogP contribution in [0, 0.1) is 10.1 Å². The van der Waals surface area contributed by atoms with Gasteiger partial charge in [-0.05, 0) is 51.5 Å². The van der Waals surface area contributed by atoms with E-state index in [-0.39, 0.29) is 23.6 Å². The Kier molecular flexibility index (Phi) is 7.70. The Balaban J connectivity index is 1.97. The van der Waals surface area contributed by atoms with Gasteiger partial charge in [0.1, 0.15) is 18.0 Å². The van der Waals surface area contributed by atoms with Gasteiger partial charge < -0.3 is 23.7 Å². The number of ether oxygens (including phenoxy) is 5. The number of fused-ring (bicyclic) bond motifs is 1. The molecule has 0 aliphatic carbocycles. The Hall–Kier alpha value is -2.88. The highest BCUT2D eigenvalue weighted by molar-refractivity contribution is 6.30. The molecule has 0 saturated heterocycles. The van der Waals surface area contributed by atoms with Crippen molar-refractivity contribution in [3.8, 4) is 11.5 Å². The van der Waals surface area contributed by atoms with E-state index in [9.17, 15) is 14.9 Å². The molecule has 1 unspecified atom stereocenters. The number of hydrogen-bond donors (Lipinski definition) is 0. The van der Waals surface area contributed by atoms with Crippen molar-refractivity contribution in [2.24, 2.45) is 0 Å². The Morgan fingerprint density at radius 3 is 2.53 bits per heavy atom. The quantitative estimate of drug-likeness (QED) is 0.221. The Labute approximate surface area is 203 Å². The van der Waals surface area contributed by atoms with Crippen molar-refractivity contribution in [2.75, 3.05) is 27.4 Å². The minimum atomic E-state index is -0.834. The third-order valence-corrected chi connectivity index (χ3v) is 5.68. The fourth-order valence-electron chi connectivity index (χ4n) is 3.97. The van der Waals surface area contributed by atoms with Gasteiger partial charge in [-0.2, -0.15) is 0 Å². The summed E-state index contributed by atoms with van der Waals surface area (Å²) in [6.07, 6.45) is -0.256. The maximum atomic E-state index is 12.4. The zero-order valence-corrected chi connectivity index (χ0v) is 20.5. The van der Waals surface area contributed by atoms with Crippen molar-refractivity contribution in [3.63, 3.8) is 0 Å². The molecule has 10 heteroatoms. The highest BCUT2D eigenvalue weighted by Gasteiger charge is 2.47. The molecule has 34 heavy (non-hydrogen) atoms. The van der Waals surface area contributed by atoms with Crippen LogP contribution in [0.15, 0.2) is 36.4 Å². The molecule has 3 rings (SSSR count). The third-order valence-electron chi connectivity index (χ3n) is 5.44. The number of rotatable bonds is 8. The van der Waals surface area contributed by atoms with Crippen LogP contribution in [-0.2, 0) is 19.6 Å². The average molecular weight is 494 g/mol. The van der Waals surface area contributed by atoms with E-state index in [1.807, 2.05) is 6.07 Å². The molecular weight excluding hydrogens is 466 g/mol. The minimum absolute atomic E-state index is 0.00430. The molecule has 1 aliphatic rings. The molecule has 0 saturated carbocycles. The van der Waals surface area contributed by atoms with Gasteiger partial charge in [0.2, 0.25) is 0 Å². The molecule has 1 heterocycles. The lowest BCUT2D eigenvalue weighted by Gasteiger charge is -2.42. The molecule has 0 radical (unpaired) electrons. The van der Waals surface area contributed by atoms with Gasteiger partial charge in [-0.1, -0.05) is 17.7 Å². The first-order valence-electron chi connectivity index (χ1n) is 10.6. The van der Waals surface area contributed by atoms with Crippen LogP contribution in [0.3, 0.4) is 0 Å². The van der Waals surface area contributed by atoms with Crippen molar-refractivity contribution in [2.45, 2.75) is 44.5 Å². The van der Waals surface area contributed by atoms with Gasteiger partial charge in [-0.25, -0.2) is 4.79 Å². The maximum Gasteiger partial charge on any atom is 0.338 e. The van der Waals surface area contributed by atoms with E-state index in [1.165, 1.54) is 26.4 Å². The number of nitro benzene ring substituents is 1. The fraction of sp³-hybridized carbons (Fsp3) is 0.458. The number of halogens is 1. The first-order valence-corrected chi connectivity index (χ1v) is 11.0. The van der Waals surface area contributed by atoms with E-state index in [0.29, 0.717) is 23.8 Å². The van der Waals surface area contributed by atoms with Gasteiger partial charge in [0, 0.05) is 30.9 Å². The van der Waals surface area contributed by atoms with E-state index in [4.69, 9.17) is 35.3 Å². The summed E-state index contributed by atoms with van der Waals surface area (Å²) in [7, 11) is 3.03. The standard InChI is InChI=1S/C24H28ClNO8/c1-23(2,3)34-21(27)15-6-9-19(18(12-15)26(28)29)33-14-24(22(30-4)31-5)10-11-32-20-13-16(25)7-8-17(20)24/h6-9,12-13,22H,10-11,14H2,1-5H3. The first kappa shape index (κ1) is 25.7. The van der Waals surface area contributed by atoms with Crippen LogP contribution in [0.2, 0.25) is 5.02 Å². The number of esters is 1. The lowest BCUT2D eigenvalue weighted by atomic mass is 9.75. The SMILES string of the molecule is COC(OC)C1(COc2ccc(C(=O)OC(C)(C)C)cc2[N+](=O)[O-])CCOc2cc(Cl)ccc21. The lowest BCUT2D eigenvalue weighted by Crippen LogP contribution is -2.49. The summed E-state index contributed by atoms with van der Waals surface area (Å²) < 4.78 is 28.3. The van der Waals surface area contributed by atoms with Crippen molar-refractivity contribution < 1.29 is 33.4 Å². The van der Waals surface area contributed by atoms with Crippen LogP contribution in [0.4, 0.5) is 5.69 Å². The van der Waals surface area contributed by atoms with Crippen molar-refractivity contribution in [3.05, 3.63) is 62.7 Å². The molecule has 2 aromatic carbocycles. The summed E-state index contributed by atoms with van der Waals surface area (Å²) in [6, 6.07) is 9.21. The monoisotopic (exact) mass is 493 g/mol. The minimum Gasteiger partial charge on any atom is -0.493 e. The van der Waals surface area contributed by atoms with Crippen LogP contribution < -0.4 is 9.47 Å². The maximum absolute atomic E-state index is 12.4. The van der Waals surface area contributed by atoms with Gasteiger partial charge in [0.15, 0.2) is 12.0 Å². The number of carbonyl (C=O) groups is 1. The average Bonchev–Trinajstić information content (AvgIpc) is 2.77. The second-order valence-corrected chi connectivity index (χ2v) is 9.37. The Morgan fingerprint density at radius 1 is 1.21 bits per heavy atom. The van der Waals surface area contributed by atoms with Gasteiger partial charge in [0.05, 0.1) is 22.5 Å². The topological polar surface area (TPSA) is 106 Å². The third kappa shape index (κ3) is 5.43. The number of hydrogen-bond acceptors (Lipinski definition) is 8. The lowest BCUT2D eigenvalue weighted by molar-refractivity contribution is -0.386. The number of benzene rings is 2. The molecule has 1 aliphatic heterocycles. The Morgan fingerprint density at radius 2 is 1.91 bits per heavy atom. The zero-order chi connectivity index (χ0) is 25.1. The molecular formula is C24H28ClNO8. The molecule has 0 N–H and O–H groups in total. The molecule has 9 nitrogen and oxygen atoms in total.